The molecule has 3 atom stereocenters. The van der Waals surface area contributed by atoms with Crippen molar-refractivity contribution < 1.29 is 5.11 Å². The second-order valence-corrected chi connectivity index (χ2v) is 3.02. The van der Waals surface area contributed by atoms with Crippen molar-refractivity contribution in [2.24, 2.45) is 17.6 Å². The molecule has 0 aromatic carbocycles. The van der Waals surface area contributed by atoms with E-state index in [2.05, 4.69) is 6.92 Å². The first kappa shape index (κ1) is 7.03. The van der Waals surface area contributed by atoms with E-state index in [1.54, 1.807) is 0 Å². The van der Waals surface area contributed by atoms with Crippen molar-refractivity contribution >= 4 is 0 Å². The molecular formula is C7H15NO. The molecule has 2 nitrogen and oxygen atoms in total. The Morgan fingerprint density at radius 3 is 2.44 bits per heavy atom. The summed E-state index contributed by atoms with van der Waals surface area (Å²) in [7, 11) is 0. The Kier molecular flexibility index (Phi) is 2.09. The van der Waals surface area contributed by atoms with Gasteiger partial charge in [0.1, 0.15) is 0 Å². The lowest BCUT2D eigenvalue weighted by atomic mass is 9.97. The molecule has 54 valence electrons. The number of aliphatic hydroxyl groups excluding tert-OH is 1. The zero-order valence-corrected chi connectivity index (χ0v) is 5.88. The van der Waals surface area contributed by atoms with Gasteiger partial charge in [0.2, 0.25) is 0 Å². The molecule has 0 aromatic rings. The number of rotatable bonds is 1. The Morgan fingerprint density at radius 2 is 2.22 bits per heavy atom. The topological polar surface area (TPSA) is 46.2 Å². The lowest BCUT2D eigenvalue weighted by Gasteiger charge is -2.15. The summed E-state index contributed by atoms with van der Waals surface area (Å²) < 4.78 is 0. The predicted octanol–water partition coefficient (Wildman–Crippen LogP) is 0.352. The molecule has 0 radical (unpaired) electrons. The van der Waals surface area contributed by atoms with E-state index in [0.29, 0.717) is 18.4 Å². The van der Waals surface area contributed by atoms with Crippen LogP contribution in [-0.4, -0.2) is 17.8 Å². The van der Waals surface area contributed by atoms with Crippen LogP contribution in [0.1, 0.15) is 19.8 Å². The maximum atomic E-state index is 9.28. The van der Waals surface area contributed by atoms with Gasteiger partial charge in [-0.1, -0.05) is 6.92 Å². The fourth-order valence-electron chi connectivity index (χ4n) is 1.63. The van der Waals surface area contributed by atoms with Crippen molar-refractivity contribution in [3.8, 4) is 0 Å². The van der Waals surface area contributed by atoms with Gasteiger partial charge < -0.3 is 10.8 Å². The largest absolute Gasteiger partial charge is 0.393 e. The third-order valence-corrected chi connectivity index (χ3v) is 2.42. The van der Waals surface area contributed by atoms with Crippen molar-refractivity contribution in [1.29, 1.82) is 0 Å². The highest BCUT2D eigenvalue weighted by Gasteiger charge is 2.30. The van der Waals surface area contributed by atoms with Crippen LogP contribution in [0, 0.1) is 11.8 Å². The first-order valence-electron chi connectivity index (χ1n) is 3.64. The van der Waals surface area contributed by atoms with Gasteiger partial charge in [-0.2, -0.15) is 0 Å². The monoisotopic (exact) mass is 129 g/mol. The molecule has 0 aromatic heterocycles. The molecule has 1 aliphatic carbocycles. The average molecular weight is 129 g/mol. The van der Waals surface area contributed by atoms with E-state index in [-0.39, 0.29) is 6.10 Å². The van der Waals surface area contributed by atoms with Gasteiger partial charge in [-0.25, -0.2) is 0 Å². The van der Waals surface area contributed by atoms with Crippen LogP contribution < -0.4 is 5.73 Å². The van der Waals surface area contributed by atoms with Crippen LogP contribution in [0.4, 0.5) is 0 Å². The number of aliphatic hydroxyl groups is 1. The number of hydrogen-bond donors (Lipinski definition) is 2. The van der Waals surface area contributed by atoms with Gasteiger partial charge in [0.15, 0.2) is 0 Å². The maximum Gasteiger partial charge on any atom is 0.0583 e. The van der Waals surface area contributed by atoms with Crippen molar-refractivity contribution in [3.63, 3.8) is 0 Å². The van der Waals surface area contributed by atoms with E-state index in [1.807, 2.05) is 0 Å². The van der Waals surface area contributed by atoms with Crippen LogP contribution in [0.3, 0.4) is 0 Å². The van der Waals surface area contributed by atoms with E-state index < -0.39 is 0 Å². The highest BCUT2D eigenvalue weighted by molar-refractivity contribution is 4.82. The molecule has 2 heteroatoms. The molecule has 0 unspecified atom stereocenters. The SMILES string of the molecule is C[C@@H]1CC[C@@H](O)[C@H]1CN. The Labute approximate surface area is 56.1 Å². The van der Waals surface area contributed by atoms with Gasteiger partial charge in [-0.3, -0.25) is 0 Å². The Balaban J connectivity index is 2.44. The normalized spacial score (nSPS) is 43.7. The Hall–Kier alpha value is -0.0800. The first-order valence-corrected chi connectivity index (χ1v) is 3.64. The van der Waals surface area contributed by atoms with Crippen LogP contribution >= 0.6 is 0 Å². The van der Waals surface area contributed by atoms with Crippen molar-refractivity contribution in [2.45, 2.75) is 25.9 Å². The van der Waals surface area contributed by atoms with Crippen LogP contribution in [-0.2, 0) is 0 Å². The molecule has 0 bridgehead atoms. The lowest BCUT2D eigenvalue weighted by Crippen LogP contribution is -2.26. The molecular weight excluding hydrogens is 114 g/mol. The fourth-order valence-corrected chi connectivity index (χ4v) is 1.63. The molecule has 1 aliphatic rings. The number of nitrogens with two attached hydrogens (primary N) is 1. The molecule has 0 spiro atoms. The summed E-state index contributed by atoms with van der Waals surface area (Å²) in [5.41, 5.74) is 5.45. The zero-order chi connectivity index (χ0) is 6.85. The third kappa shape index (κ3) is 1.25. The van der Waals surface area contributed by atoms with Gasteiger partial charge in [-0.05, 0) is 31.2 Å². The van der Waals surface area contributed by atoms with E-state index >= 15 is 0 Å². The van der Waals surface area contributed by atoms with Gasteiger partial charge in [0.05, 0.1) is 6.10 Å². The van der Waals surface area contributed by atoms with Crippen LogP contribution in [0.15, 0.2) is 0 Å². The second kappa shape index (κ2) is 2.67. The van der Waals surface area contributed by atoms with Crippen LogP contribution in [0.2, 0.25) is 0 Å². The lowest BCUT2D eigenvalue weighted by molar-refractivity contribution is 0.124. The molecule has 0 amide bonds. The van der Waals surface area contributed by atoms with Crippen molar-refractivity contribution in [1.82, 2.24) is 0 Å². The summed E-state index contributed by atoms with van der Waals surface area (Å²) in [6.45, 7) is 2.80. The second-order valence-electron chi connectivity index (χ2n) is 3.02. The van der Waals surface area contributed by atoms with E-state index in [1.165, 1.54) is 0 Å². The first-order chi connectivity index (χ1) is 4.25. The highest BCUT2D eigenvalue weighted by Crippen LogP contribution is 2.30. The van der Waals surface area contributed by atoms with Gasteiger partial charge in [0, 0.05) is 0 Å². The Morgan fingerprint density at radius 1 is 1.56 bits per heavy atom. The van der Waals surface area contributed by atoms with E-state index in [0.717, 1.165) is 12.8 Å². The van der Waals surface area contributed by atoms with Crippen molar-refractivity contribution in [2.75, 3.05) is 6.54 Å². The van der Waals surface area contributed by atoms with E-state index in [4.69, 9.17) is 5.73 Å². The van der Waals surface area contributed by atoms with Crippen LogP contribution in [0.25, 0.3) is 0 Å². The molecule has 1 fully saturated rings. The molecule has 3 N–H and O–H groups in total. The van der Waals surface area contributed by atoms with Gasteiger partial charge >= 0.3 is 0 Å². The smallest absolute Gasteiger partial charge is 0.0583 e. The Bertz CT molecular complexity index is 84.9. The predicted molar refractivity (Wildman–Crippen MR) is 36.9 cm³/mol. The molecule has 9 heavy (non-hydrogen) atoms. The van der Waals surface area contributed by atoms with E-state index in [9.17, 15) is 5.11 Å². The minimum absolute atomic E-state index is 0.120. The average Bonchev–Trinajstić information content (AvgIpc) is 2.12. The molecule has 0 heterocycles. The van der Waals surface area contributed by atoms with Gasteiger partial charge in [-0.15, -0.1) is 0 Å². The number of hydrogen-bond acceptors (Lipinski definition) is 2. The minimum Gasteiger partial charge on any atom is -0.393 e. The minimum atomic E-state index is -0.120. The van der Waals surface area contributed by atoms with Crippen LogP contribution in [0.5, 0.6) is 0 Å². The standard InChI is InChI=1S/C7H15NO/c1-5-2-3-7(9)6(5)4-8/h5-7,9H,2-4,8H2,1H3/t5-,6+,7-/m1/s1. The highest BCUT2D eigenvalue weighted by atomic mass is 16.3. The molecule has 1 saturated carbocycles. The fraction of sp³-hybridized carbons (Fsp3) is 1.00. The van der Waals surface area contributed by atoms with Crippen molar-refractivity contribution in [3.05, 3.63) is 0 Å². The quantitative estimate of drug-likeness (QED) is 0.536. The summed E-state index contributed by atoms with van der Waals surface area (Å²) in [6.07, 6.45) is 1.97. The molecule has 1 rings (SSSR count). The van der Waals surface area contributed by atoms with Gasteiger partial charge in [0.25, 0.3) is 0 Å². The summed E-state index contributed by atoms with van der Waals surface area (Å²) in [5.74, 6) is 0.995. The summed E-state index contributed by atoms with van der Waals surface area (Å²) in [4.78, 5) is 0. The zero-order valence-electron chi connectivity index (χ0n) is 5.88. The molecule has 0 saturated heterocycles. The third-order valence-electron chi connectivity index (χ3n) is 2.42. The summed E-state index contributed by atoms with van der Waals surface area (Å²) >= 11 is 0. The summed E-state index contributed by atoms with van der Waals surface area (Å²) in [6, 6.07) is 0. The molecule has 0 aliphatic heterocycles. The summed E-state index contributed by atoms with van der Waals surface area (Å²) in [5, 5.41) is 9.28. The maximum absolute atomic E-state index is 9.28.